The molecular formula is C27H29ClN4O5S. The van der Waals surface area contributed by atoms with Gasteiger partial charge in [-0.1, -0.05) is 43.5 Å². The molecule has 2 heterocycles. The number of halogens is 1. The third-order valence-corrected chi connectivity index (χ3v) is 6.99. The highest BCUT2D eigenvalue weighted by Crippen LogP contribution is 2.40. The number of fused-ring (bicyclic) bond motifs is 1. The molecule has 0 aromatic heterocycles. The summed E-state index contributed by atoms with van der Waals surface area (Å²) in [6.07, 6.45) is 5.60. The Kier molecular flexibility index (Phi) is 9.30. The number of thioether (sulfide) groups is 1. The number of hydrogen-bond donors (Lipinski definition) is 1. The lowest BCUT2D eigenvalue weighted by atomic mass is 10.1. The van der Waals surface area contributed by atoms with Gasteiger partial charge in [-0.15, -0.1) is 0 Å². The van der Waals surface area contributed by atoms with E-state index in [4.69, 9.17) is 36.0 Å². The van der Waals surface area contributed by atoms with E-state index < -0.39 is 5.91 Å². The van der Waals surface area contributed by atoms with E-state index in [0.29, 0.717) is 38.8 Å². The number of aliphatic imine (C=N–C) groups is 1. The van der Waals surface area contributed by atoms with Crippen LogP contribution in [-0.4, -0.2) is 54.4 Å². The van der Waals surface area contributed by atoms with Crippen LogP contribution < -0.4 is 18.9 Å². The highest BCUT2D eigenvalue weighted by atomic mass is 35.5. The standard InChI is InChI=1S/C27H29ClN4O5S/c1-4-5-6-11-23-31-32-25(29)18(26(33)30-27(32)38-23)14-17-15-21(34-2)24(22(16-17)35-3)37-13-12-36-20-10-8-7-9-19(20)28/h7-10,14-16,29H,4-6,11-13H2,1-3H3. The zero-order valence-corrected chi connectivity index (χ0v) is 23.0. The molecule has 0 atom stereocenters. The molecule has 4 rings (SSSR count). The molecule has 38 heavy (non-hydrogen) atoms. The van der Waals surface area contributed by atoms with Crippen molar-refractivity contribution >= 4 is 51.4 Å². The number of hydrazone groups is 1. The van der Waals surface area contributed by atoms with Crippen LogP contribution in [0.15, 0.2) is 52.1 Å². The molecule has 0 aliphatic carbocycles. The molecule has 0 saturated carbocycles. The van der Waals surface area contributed by atoms with E-state index in [1.165, 1.54) is 31.0 Å². The van der Waals surface area contributed by atoms with Crippen LogP contribution in [-0.2, 0) is 4.79 Å². The van der Waals surface area contributed by atoms with Gasteiger partial charge in [-0.3, -0.25) is 10.2 Å². The fourth-order valence-corrected chi connectivity index (χ4v) is 4.93. The topological polar surface area (TPSA) is 106 Å². The number of amides is 1. The van der Waals surface area contributed by atoms with Crippen molar-refractivity contribution in [3.8, 4) is 23.0 Å². The molecule has 0 radical (unpaired) electrons. The zero-order chi connectivity index (χ0) is 27.1. The number of nitrogens with one attached hydrogen (secondary N) is 1. The summed E-state index contributed by atoms with van der Waals surface area (Å²) in [4.78, 5) is 17.0. The van der Waals surface area contributed by atoms with Crippen molar-refractivity contribution in [2.45, 2.75) is 32.6 Å². The van der Waals surface area contributed by atoms with Crippen LogP contribution in [0.25, 0.3) is 6.08 Å². The Hall–Kier alpha value is -3.50. The highest BCUT2D eigenvalue weighted by Gasteiger charge is 2.35. The minimum atomic E-state index is -0.492. The van der Waals surface area contributed by atoms with E-state index >= 15 is 0 Å². The third kappa shape index (κ3) is 6.31. The number of ether oxygens (including phenoxy) is 4. The first-order chi connectivity index (χ1) is 18.4. The molecule has 2 aliphatic heterocycles. The first-order valence-electron chi connectivity index (χ1n) is 12.2. The Morgan fingerprint density at radius 1 is 1.05 bits per heavy atom. The Bertz CT molecular complexity index is 1290. The van der Waals surface area contributed by atoms with E-state index in [-0.39, 0.29) is 24.6 Å². The summed E-state index contributed by atoms with van der Waals surface area (Å²) in [6, 6.07) is 10.6. The van der Waals surface area contributed by atoms with Crippen molar-refractivity contribution < 1.29 is 23.7 Å². The summed E-state index contributed by atoms with van der Waals surface area (Å²) in [5.41, 5.74) is 0.711. The van der Waals surface area contributed by atoms with Crippen molar-refractivity contribution in [2.75, 3.05) is 27.4 Å². The summed E-state index contributed by atoms with van der Waals surface area (Å²) in [5, 5.41) is 16.4. The molecule has 1 N–H and O–H groups in total. The van der Waals surface area contributed by atoms with Crippen LogP contribution in [0.1, 0.15) is 38.2 Å². The van der Waals surface area contributed by atoms with Crippen molar-refractivity contribution in [3.05, 3.63) is 52.6 Å². The second-order valence-electron chi connectivity index (χ2n) is 8.35. The van der Waals surface area contributed by atoms with Gasteiger partial charge in [0.25, 0.3) is 5.91 Å². The number of carbonyl (C=O) groups is 1. The van der Waals surface area contributed by atoms with Crippen LogP contribution >= 0.6 is 23.4 Å². The fourth-order valence-electron chi connectivity index (χ4n) is 3.81. The van der Waals surface area contributed by atoms with Gasteiger partial charge in [-0.2, -0.15) is 15.1 Å². The van der Waals surface area contributed by atoms with Gasteiger partial charge in [0.05, 0.1) is 24.8 Å². The number of unbranched alkanes of at least 4 members (excludes halogenated alkanes) is 2. The zero-order valence-electron chi connectivity index (χ0n) is 21.5. The van der Waals surface area contributed by atoms with Gasteiger partial charge in [0, 0.05) is 0 Å². The number of hydrogen-bond acceptors (Lipinski definition) is 8. The van der Waals surface area contributed by atoms with Gasteiger partial charge in [0.1, 0.15) is 24.0 Å². The second kappa shape index (κ2) is 12.8. The van der Waals surface area contributed by atoms with Crippen molar-refractivity contribution in [2.24, 2.45) is 10.1 Å². The molecule has 2 aromatic carbocycles. The Labute approximate surface area is 231 Å². The maximum absolute atomic E-state index is 12.8. The fraction of sp³-hybridized carbons (Fsp3) is 0.333. The predicted molar refractivity (Wildman–Crippen MR) is 151 cm³/mol. The van der Waals surface area contributed by atoms with Crippen molar-refractivity contribution in [3.63, 3.8) is 0 Å². The van der Waals surface area contributed by atoms with E-state index in [9.17, 15) is 4.79 Å². The van der Waals surface area contributed by atoms with Gasteiger partial charge < -0.3 is 18.9 Å². The molecule has 2 aromatic rings. The van der Waals surface area contributed by atoms with Crippen LogP contribution in [0, 0.1) is 5.41 Å². The average molecular weight is 557 g/mol. The van der Waals surface area contributed by atoms with Crippen LogP contribution in [0.4, 0.5) is 0 Å². The van der Waals surface area contributed by atoms with Crippen LogP contribution in [0.2, 0.25) is 5.02 Å². The molecule has 11 heteroatoms. The van der Waals surface area contributed by atoms with E-state index in [0.717, 1.165) is 30.7 Å². The van der Waals surface area contributed by atoms with E-state index in [1.54, 1.807) is 30.3 Å². The number of para-hydroxylation sites is 1. The quantitative estimate of drug-likeness (QED) is 0.252. The Morgan fingerprint density at radius 2 is 1.76 bits per heavy atom. The van der Waals surface area contributed by atoms with Crippen LogP contribution in [0.5, 0.6) is 23.0 Å². The number of methoxy groups -OCH3 is 2. The second-order valence-corrected chi connectivity index (χ2v) is 9.80. The molecule has 9 nitrogen and oxygen atoms in total. The molecule has 1 amide bonds. The minimum absolute atomic E-state index is 0.0204. The summed E-state index contributed by atoms with van der Waals surface area (Å²) in [5.74, 6) is 1.25. The van der Waals surface area contributed by atoms with E-state index in [1.807, 2.05) is 12.1 Å². The number of carbonyl (C=O) groups excluding carboxylic acids is 1. The average Bonchev–Trinajstić information content (AvgIpc) is 3.32. The number of rotatable bonds is 12. The maximum Gasteiger partial charge on any atom is 0.283 e. The molecular weight excluding hydrogens is 528 g/mol. The third-order valence-electron chi connectivity index (χ3n) is 5.71. The first kappa shape index (κ1) is 27.5. The lowest BCUT2D eigenvalue weighted by molar-refractivity contribution is -0.114. The highest BCUT2D eigenvalue weighted by molar-refractivity contribution is 8.26. The molecule has 200 valence electrons. The summed E-state index contributed by atoms with van der Waals surface area (Å²) in [7, 11) is 3.03. The Balaban J connectivity index is 1.50. The van der Waals surface area contributed by atoms with Gasteiger partial charge in [-0.05, 0) is 60.5 Å². The first-order valence-corrected chi connectivity index (χ1v) is 13.4. The largest absolute Gasteiger partial charge is 0.493 e. The van der Waals surface area contributed by atoms with E-state index in [2.05, 4.69) is 17.0 Å². The lowest BCUT2D eigenvalue weighted by Crippen LogP contribution is -2.35. The number of benzene rings is 2. The molecule has 0 unspecified atom stereocenters. The van der Waals surface area contributed by atoms with Gasteiger partial charge >= 0.3 is 0 Å². The number of amidine groups is 2. The van der Waals surface area contributed by atoms with Gasteiger partial charge in [-0.25, -0.2) is 0 Å². The van der Waals surface area contributed by atoms with Crippen molar-refractivity contribution in [1.29, 1.82) is 5.41 Å². The smallest absolute Gasteiger partial charge is 0.283 e. The SMILES string of the molecule is CCCCCC1=NN2C(=N)C(=Cc3cc(OC)c(OCCOc4ccccc4Cl)c(OC)c3)C(=O)N=C2S1. The maximum atomic E-state index is 12.8. The lowest BCUT2D eigenvalue weighted by Gasteiger charge is -2.20. The predicted octanol–water partition coefficient (Wildman–Crippen LogP) is 6.01. The van der Waals surface area contributed by atoms with Gasteiger partial charge in [0.2, 0.25) is 10.9 Å². The molecule has 0 fully saturated rings. The van der Waals surface area contributed by atoms with Crippen molar-refractivity contribution in [1.82, 2.24) is 5.01 Å². The normalized spacial score (nSPS) is 15.8. The molecule has 0 saturated heterocycles. The molecule has 0 spiro atoms. The minimum Gasteiger partial charge on any atom is -0.493 e. The van der Waals surface area contributed by atoms with Gasteiger partial charge in [0.15, 0.2) is 17.3 Å². The summed E-state index contributed by atoms with van der Waals surface area (Å²) < 4.78 is 22.7. The van der Waals surface area contributed by atoms with Crippen LogP contribution in [0.3, 0.4) is 0 Å². The summed E-state index contributed by atoms with van der Waals surface area (Å²) in [6.45, 7) is 2.61. The molecule has 0 bridgehead atoms. The number of nitrogens with zero attached hydrogens (tertiary/aromatic N) is 3. The summed E-state index contributed by atoms with van der Waals surface area (Å²) >= 11 is 7.47. The monoisotopic (exact) mass is 556 g/mol. The Morgan fingerprint density at radius 3 is 2.45 bits per heavy atom. The molecule has 2 aliphatic rings.